The summed E-state index contributed by atoms with van der Waals surface area (Å²) >= 11 is 0. The van der Waals surface area contributed by atoms with E-state index >= 15 is 0 Å². The normalized spacial score (nSPS) is 23.6. The van der Waals surface area contributed by atoms with Crippen LogP contribution in [0.2, 0.25) is 0 Å². The zero-order valence-electron chi connectivity index (χ0n) is 9.54. The molecule has 2 aliphatic rings. The van der Waals surface area contributed by atoms with E-state index in [1.807, 2.05) is 19.9 Å². The average molecular weight is 196 g/mol. The molecule has 1 aliphatic carbocycles. The maximum Gasteiger partial charge on any atom is 0.230 e. The Morgan fingerprint density at radius 1 is 1.29 bits per heavy atom. The molecule has 1 aliphatic heterocycles. The van der Waals surface area contributed by atoms with E-state index in [-0.39, 0.29) is 0 Å². The van der Waals surface area contributed by atoms with E-state index in [0.29, 0.717) is 18.6 Å². The first-order valence-electron chi connectivity index (χ1n) is 5.44. The Bertz CT molecular complexity index is 239. The number of rotatable bonds is 1. The molecule has 0 aromatic carbocycles. The minimum Gasteiger partial charge on any atom is -0.458 e. The topological polar surface area (TPSA) is 18.5 Å². The highest BCUT2D eigenvalue weighted by Gasteiger charge is 2.24. The monoisotopic (exact) mass is 196 g/mol. The molecule has 0 bridgehead atoms. The average Bonchev–Trinajstić information content (AvgIpc) is 2.67. The third kappa shape index (κ3) is 2.31. The van der Waals surface area contributed by atoms with E-state index in [4.69, 9.17) is 9.47 Å². The van der Waals surface area contributed by atoms with Gasteiger partial charge in [0.1, 0.15) is 5.76 Å². The van der Waals surface area contributed by atoms with Crippen molar-refractivity contribution in [3.63, 3.8) is 0 Å². The van der Waals surface area contributed by atoms with E-state index in [0.717, 1.165) is 17.9 Å². The maximum atomic E-state index is 5.34. The predicted molar refractivity (Wildman–Crippen MR) is 57.5 cm³/mol. The molecule has 1 heterocycles. The van der Waals surface area contributed by atoms with Crippen molar-refractivity contribution in [2.24, 2.45) is 11.8 Å². The Labute approximate surface area is 86.6 Å². The molecule has 0 spiro atoms. The van der Waals surface area contributed by atoms with Gasteiger partial charge in [0.15, 0.2) is 5.76 Å². The third-order valence-corrected chi connectivity index (χ3v) is 2.49. The van der Waals surface area contributed by atoms with Gasteiger partial charge in [-0.15, -0.1) is 0 Å². The van der Waals surface area contributed by atoms with Gasteiger partial charge in [0.05, 0.1) is 0 Å². The molecule has 0 radical (unpaired) electrons. The number of allylic oxidation sites excluding steroid dienone is 3. The lowest BCUT2D eigenvalue weighted by Gasteiger charge is -2.19. The fourth-order valence-electron chi connectivity index (χ4n) is 1.57. The Kier molecular flexibility index (Phi) is 4.05. The van der Waals surface area contributed by atoms with Crippen LogP contribution in [-0.4, -0.2) is 6.79 Å². The standard InChI is InChI=1S/C10H14O2.C2H6/c1-7(2)8-3-4-9-10(5-8)12-6-11-9;1-2/h3-4,7-8H,5-6H2,1-2H3;1-2H3. The second-order valence-corrected chi connectivity index (χ2v) is 3.67. The van der Waals surface area contributed by atoms with Crippen LogP contribution < -0.4 is 0 Å². The SMILES string of the molecule is CC.CC(C)C1C=CC2=C(C1)OCO2. The summed E-state index contributed by atoms with van der Waals surface area (Å²) in [5, 5.41) is 0. The number of ether oxygens (including phenoxy) is 2. The lowest BCUT2D eigenvalue weighted by molar-refractivity contribution is 0.0712. The Hall–Kier alpha value is -0.920. The Balaban J connectivity index is 0.000000461. The lowest BCUT2D eigenvalue weighted by Crippen LogP contribution is -2.10. The van der Waals surface area contributed by atoms with Gasteiger partial charge in [-0.25, -0.2) is 0 Å². The van der Waals surface area contributed by atoms with Gasteiger partial charge in [-0.1, -0.05) is 33.8 Å². The lowest BCUT2D eigenvalue weighted by atomic mass is 9.88. The predicted octanol–water partition coefficient (Wildman–Crippen LogP) is 3.46. The first-order chi connectivity index (χ1) is 6.77. The van der Waals surface area contributed by atoms with Gasteiger partial charge in [-0.2, -0.15) is 0 Å². The van der Waals surface area contributed by atoms with Gasteiger partial charge in [0.2, 0.25) is 6.79 Å². The van der Waals surface area contributed by atoms with Gasteiger partial charge < -0.3 is 9.47 Å². The summed E-state index contributed by atoms with van der Waals surface area (Å²) in [5.74, 6) is 3.27. The first kappa shape index (κ1) is 11.2. The first-order valence-corrected chi connectivity index (χ1v) is 5.44. The van der Waals surface area contributed by atoms with Gasteiger partial charge in [0, 0.05) is 6.42 Å². The van der Waals surface area contributed by atoms with Crippen LogP contribution in [0.3, 0.4) is 0 Å². The van der Waals surface area contributed by atoms with Gasteiger partial charge in [-0.05, 0) is 17.9 Å². The van der Waals surface area contributed by atoms with Gasteiger partial charge in [0.25, 0.3) is 0 Å². The summed E-state index contributed by atoms with van der Waals surface area (Å²) in [6, 6.07) is 0. The Morgan fingerprint density at radius 3 is 2.64 bits per heavy atom. The van der Waals surface area contributed by atoms with Crippen molar-refractivity contribution in [3.05, 3.63) is 23.7 Å². The van der Waals surface area contributed by atoms with Crippen LogP contribution in [0.5, 0.6) is 0 Å². The Morgan fingerprint density at radius 2 is 2.00 bits per heavy atom. The minimum atomic E-state index is 0.403. The highest BCUT2D eigenvalue weighted by Crippen LogP contribution is 2.32. The van der Waals surface area contributed by atoms with Crippen LogP contribution in [0.1, 0.15) is 34.1 Å². The van der Waals surface area contributed by atoms with Gasteiger partial charge >= 0.3 is 0 Å². The van der Waals surface area contributed by atoms with Crippen molar-refractivity contribution in [3.8, 4) is 0 Å². The molecule has 0 saturated carbocycles. The van der Waals surface area contributed by atoms with E-state index in [9.17, 15) is 0 Å². The van der Waals surface area contributed by atoms with Crippen molar-refractivity contribution in [2.45, 2.75) is 34.1 Å². The second-order valence-electron chi connectivity index (χ2n) is 3.67. The molecule has 0 aromatic heterocycles. The summed E-state index contributed by atoms with van der Waals surface area (Å²) in [7, 11) is 0. The summed E-state index contributed by atoms with van der Waals surface area (Å²) in [5.41, 5.74) is 0. The molecule has 0 amide bonds. The quantitative estimate of drug-likeness (QED) is 0.639. The van der Waals surface area contributed by atoms with Gasteiger partial charge in [-0.3, -0.25) is 0 Å². The summed E-state index contributed by atoms with van der Waals surface area (Å²) in [6.45, 7) is 8.87. The van der Waals surface area contributed by atoms with E-state index in [1.54, 1.807) is 0 Å². The molecule has 14 heavy (non-hydrogen) atoms. The molecule has 0 N–H and O–H groups in total. The smallest absolute Gasteiger partial charge is 0.230 e. The molecular weight excluding hydrogens is 176 g/mol. The number of hydrogen-bond acceptors (Lipinski definition) is 2. The van der Waals surface area contributed by atoms with E-state index in [1.165, 1.54) is 0 Å². The summed E-state index contributed by atoms with van der Waals surface area (Å²) in [6.07, 6.45) is 5.26. The number of hydrogen-bond donors (Lipinski definition) is 0. The van der Waals surface area contributed by atoms with Crippen molar-refractivity contribution in [2.75, 3.05) is 6.79 Å². The molecule has 1 atom stereocenters. The highest BCUT2D eigenvalue weighted by molar-refractivity contribution is 5.24. The molecule has 2 heteroatoms. The zero-order chi connectivity index (χ0) is 10.6. The maximum absolute atomic E-state index is 5.34. The van der Waals surface area contributed by atoms with Crippen LogP contribution in [0, 0.1) is 11.8 Å². The van der Waals surface area contributed by atoms with E-state index < -0.39 is 0 Å². The molecule has 2 nitrogen and oxygen atoms in total. The van der Waals surface area contributed by atoms with Crippen molar-refractivity contribution >= 4 is 0 Å². The molecule has 1 unspecified atom stereocenters. The van der Waals surface area contributed by atoms with Crippen molar-refractivity contribution in [1.82, 2.24) is 0 Å². The molecule has 0 fully saturated rings. The molecule has 0 aromatic rings. The van der Waals surface area contributed by atoms with Crippen LogP contribution in [-0.2, 0) is 9.47 Å². The fraction of sp³-hybridized carbons (Fsp3) is 0.667. The molecule has 2 rings (SSSR count). The molecule has 0 saturated heterocycles. The zero-order valence-corrected chi connectivity index (χ0v) is 9.54. The largest absolute Gasteiger partial charge is 0.458 e. The highest BCUT2D eigenvalue weighted by atomic mass is 16.7. The van der Waals surface area contributed by atoms with Crippen molar-refractivity contribution < 1.29 is 9.47 Å². The third-order valence-electron chi connectivity index (χ3n) is 2.49. The minimum absolute atomic E-state index is 0.403. The summed E-state index contributed by atoms with van der Waals surface area (Å²) in [4.78, 5) is 0. The summed E-state index contributed by atoms with van der Waals surface area (Å²) < 4.78 is 10.6. The van der Waals surface area contributed by atoms with Crippen LogP contribution in [0.15, 0.2) is 23.7 Å². The van der Waals surface area contributed by atoms with Crippen LogP contribution in [0.25, 0.3) is 0 Å². The van der Waals surface area contributed by atoms with E-state index in [2.05, 4.69) is 19.9 Å². The van der Waals surface area contributed by atoms with Crippen LogP contribution >= 0.6 is 0 Å². The fourth-order valence-corrected chi connectivity index (χ4v) is 1.57. The van der Waals surface area contributed by atoms with Crippen LogP contribution in [0.4, 0.5) is 0 Å². The molecule has 80 valence electrons. The van der Waals surface area contributed by atoms with Crippen molar-refractivity contribution in [1.29, 1.82) is 0 Å². The molecular formula is C12H20O2. The second kappa shape index (κ2) is 5.08.